The molecule has 1 aromatic rings. The van der Waals surface area contributed by atoms with Gasteiger partial charge in [0.2, 0.25) is 0 Å². The number of anilines is 1. The number of nitrogen functional groups attached to an aromatic ring is 1. The molecule has 1 unspecified atom stereocenters. The van der Waals surface area contributed by atoms with Crippen LogP contribution in [0.1, 0.15) is 24.6 Å². The van der Waals surface area contributed by atoms with Crippen LogP contribution >= 0.6 is 0 Å². The number of hydrogen-bond donors (Lipinski definition) is 2. The molecule has 1 atom stereocenters. The summed E-state index contributed by atoms with van der Waals surface area (Å²) in [5.74, 6) is 1.04. The van der Waals surface area contributed by atoms with Crippen molar-refractivity contribution in [3.05, 3.63) is 23.4 Å². The van der Waals surface area contributed by atoms with Crippen LogP contribution < -0.4 is 10.6 Å². The molecule has 0 amide bonds. The average Bonchev–Trinajstić information content (AvgIpc) is 2.49. The highest BCUT2D eigenvalue weighted by Crippen LogP contribution is 2.20. The monoisotopic (exact) mass is 261 g/mol. The maximum absolute atomic E-state index is 7.59. The summed E-state index contributed by atoms with van der Waals surface area (Å²) in [5.41, 5.74) is 7.26. The van der Waals surface area contributed by atoms with E-state index in [2.05, 4.69) is 28.8 Å². The first-order chi connectivity index (χ1) is 8.97. The molecule has 19 heavy (non-hydrogen) atoms. The fourth-order valence-corrected chi connectivity index (χ4v) is 2.67. The number of likely N-dealkylation sites (N-methyl/N-ethyl adjacent to an activating group) is 1. The molecule has 104 valence electrons. The van der Waals surface area contributed by atoms with E-state index in [0.29, 0.717) is 6.04 Å². The second kappa shape index (κ2) is 5.57. The first-order valence-corrected chi connectivity index (χ1v) is 6.75. The maximum atomic E-state index is 7.59. The summed E-state index contributed by atoms with van der Waals surface area (Å²) < 4.78 is 0. The zero-order valence-corrected chi connectivity index (χ0v) is 12.0. The molecule has 1 saturated heterocycles. The van der Waals surface area contributed by atoms with Gasteiger partial charge in [-0.2, -0.15) is 0 Å². The molecular weight excluding hydrogens is 238 g/mol. The van der Waals surface area contributed by atoms with E-state index < -0.39 is 0 Å². The lowest BCUT2D eigenvalue weighted by atomic mass is 10.2. The van der Waals surface area contributed by atoms with Crippen molar-refractivity contribution in [3.8, 4) is 0 Å². The van der Waals surface area contributed by atoms with Crippen LogP contribution in [-0.2, 0) is 0 Å². The van der Waals surface area contributed by atoms with Crippen molar-refractivity contribution in [2.75, 3.05) is 31.6 Å². The predicted molar refractivity (Wildman–Crippen MR) is 78.9 cm³/mol. The lowest BCUT2D eigenvalue weighted by molar-refractivity contribution is 0.337. The van der Waals surface area contributed by atoms with E-state index in [1.165, 1.54) is 0 Å². The Morgan fingerprint density at radius 1 is 1.42 bits per heavy atom. The average molecular weight is 261 g/mol. The predicted octanol–water partition coefficient (Wildman–Crippen LogP) is 1.20. The highest BCUT2D eigenvalue weighted by Gasteiger charge is 2.21. The summed E-state index contributed by atoms with van der Waals surface area (Å²) in [5, 5.41) is 7.59. The van der Waals surface area contributed by atoms with E-state index in [1.54, 1.807) is 0 Å². The van der Waals surface area contributed by atoms with Crippen LogP contribution in [0.3, 0.4) is 0 Å². The van der Waals surface area contributed by atoms with Crippen LogP contribution in [0.4, 0.5) is 5.82 Å². The standard InChI is InChI=1S/C14H23N5/c1-10-7-12(14(15)16)8-13(17-10)19-6-4-5-18(3)9-11(19)2/h7-8,11H,4-6,9H2,1-3H3,(H3,15,16). The van der Waals surface area contributed by atoms with Gasteiger partial charge in [-0.15, -0.1) is 0 Å². The molecule has 1 aromatic heterocycles. The molecule has 2 heterocycles. The Labute approximate surface area is 114 Å². The number of aryl methyl sites for hydroxylation is 1. The summed E-state index contributed by atoms with van der Waals surface area (Å²) in [7, 11) is 2.16. The van der Waals surface area contributed by atoms with Crippen molar-refractivity contribution in [1.29, 1.82) is 5.41 Å². The van der Waals surface area contributed by atoms with Gasteiger partial charge < -0.3 is 15.5 Å². The van der Waals surface area contributed by atoms with Crippen LogP contribution in [0.15, 0.2) is 12.1 Å². The molecule has 5 nitrogen and oxygen atoms in total. The molecule has 0 aliphatic carbocycles. The minimum absolute atomic E-state index is 0.103. The number of nitrogens with two attached hydrogens (primary N) is 1. The minimum atomic E-state index is 0.103. The third-order valence-electron chi connectivity index (χ3n) is 3.59. The molecule has 0 bridgehead atoms. The molecule has 0 saturated carbocycles. The number of hydrogen-bond acceptors (Lipinski definition) is 4. The first-order valence-electron chi connectivity index (χ1n) is 6.75. The number of pyridine rings is 1. The Kier molecular flexibility index (Phi) is 4.04. The van der Waals surface area contributed by atoms with E-state index in [0.717, 1.165) is 43.1 Å². The second-order valence-electron chi connectivity index (χ2n) is 5.43. The van der Waals surface area contributed by atoms with E-state index >= 15 is 0 Å². The quantitative estimate of drug-likeness (QED) is 0.620. The van der Waals surface area contributed by atoms with Crippen LogP contribution in [-0.4, -0.2) is 48.4 Å². The van der Waals surface area contributed by atoms with Crippen molar-refractivity contribution >= 4 is 11.7 Å². The van der Waals surface area contributed by atoms with E-state index in [-0.39, 0.29) is 5.84 Å². The van der Waals surface area contributed by atoms with Gasteiger partial charge in [0.25, 0.3) is 0 Å². The topological polar surface area (TPSA) is 69.2 Å². The van der Waals surface area contributed by atoms with E-state index in [1.807, 2.05) is 19.1 Å². The Morgan fingerprint density at radius 2 is 2.16 bits per heavy atom. The maximum Gasteiger partial charge on any atom is 0.129 e. The number of amidine groups is 1. The molecular formula is C14H23N5. The number of nitrogens with zero attached hydrogens (tertiary/aromatic N) is 3. The van der Waals surface area contributed by atoms with Crippen LogP contribution in [0.2, 0.25) is 0 Å². The van der Waals surface area contributed by atoms with Crippen LogP contribution in [0, 0.1) is 12.3 Å². The molecule has 0 spiro atoms. The van der Waals surface area contributed by atoms with Gasteiger partial charge in [0.15, 0.2) is 0 Å². The molecule has 0 aromatic carbocycles. The molecule has 1 fully saturated rings. The third kappa shape index (κ3) is 3.23. The fourth-order valence-electron chi connectivity index (χ4n) is 2.67. The molecule has 1 aliphatic heterocycles. The zero-order valence-electron chi connectivity index (χ0n) is 12.0. The summed E-state index contributed by atoms with van der Waals surface area (Å²) in [4.78, 5) is 9.29. The van der Waals surface area contributed by atoms with Gasteiger partial charge in [0.05, 0.1) is 0 Å². The highest BCUT2D eigenvalue weighted by molar-refractivity contribution is 5.95. The van der Waals surface area contributed by atoms with Gasteiger partial charge in [-0.25, -0.2) is 4.98 Å². The van der Waals surface area contributed by atoms with Crippen molar-refractivity contribution in [3.63, 3.8) is 0 Å². The highest BCUT2D eigenvalue weighted by atomic mass is 15.3. The summed E-state index contributed by atoms with van der Waals surface area (Å²) in [6.07, 6.45) is 1.13. The number of aromatic nitrogens is 1. The van der Waals surface area contributed by atoms with Gasteiger partial charge >= 0.3 is 0 Å². The Balaban J connectivity index is 2.31. The Morgan fingerprint density at radius 3 is 2.84 bits per heavy atom. The van der Waals surface area contributed by atoms with Crippen molar-refractivity contribution in [2.45, 2.75) is 26.3 Å². The first kappa shape index (κ1) is 13.8. The van der Waals surface area contributed by atoms with E-state index in [4.69, 9.17) is 11.1 Å². The fraction of sp³-hybridized carbons (Fsp3) is 0.571. The summed E-state index contributed by atoms with van der Waals surface area (Å²) in [6.45, 7) is 7.32. The number of rotatable bonds is 2. The van der Waals surface area contributed by atoms with Crippen molar-refractivity contribution in [1.82, 2.24) is 9.88 Å². The lowest BCUT2D eigenvalue weighted by Gasteiger charge is -2.29. The molecule has 3 N–H and O–H groups in total. The van der Waals surface area contributed by atoms with Gasteiger partial charge in [-0.05, 0) is 46.0 Å². The molecule has 2 rings (SSSR count). The Hall–Kier alpha value is -1.62. The summed E-state index contributed by atoms with van der Waals surface area (Å²) >= 11 is 0. The normalized spacial score (nSPS) is 21.2. The van der Waals surface area contributed by atoms with Crippen LogP contribution in [0.25, 0.3) is 0 Å². The molecule has 5 heteroatoms. The zero-order chi connectivity index (χ0) is 14.0. The van der Waals surface area contributed by atoms with E-state index in [9.17, 15) is 0 Å². The van der Waals surface area contributed by atoms with Gasteiger partial charge in [-0.3, -0.25) is 5.41 Å². The minimum Gasteiger partial charge on any atom is -0.384 e. The van der Waals surface area contributed by atoms with Gasteiger partial charge in [0.1, 0.15) is 11.7 Å². The van der Waals surface area contributed by atoms with Crippen LogP contribution in [0.5, 0.6) is 0 Å². The van der Waals surface area contributed by atoms with Gasteiger partial charge in [0, 0.05) is 30.4 Å². The Bertz CT molecular complexity index is 471. The third-order valence-corrected chi connectivity index (χ3v) is 3.59. The smallest absolute Gasteiger partial charge is 0.129 e. The largest absolute Gasteiger partial charge is 0.384 e. The lowest BCUT2D eigenvalue weighted by Crippen LogP contribution is -2.38. The van der Waals surface area contributed by atoms with Crippen molar-refractivity contribution < 1.29 is 0 Å². The van der Waals surface area contributed by atoms with Crippen molar-refractivity contribution in [2.24, 2.45) is 5.73 Å². The summed E-state index contributed by atoms with van der Waals surface area (Å²) in [6, 6.07) is 4.21. The second-order valence-corrected chi connectivity index (χ2v) is 5.43. The molecule has 0 radical (unpaired) electrons. The SMILES string of the molecule is Cc1cc(C(=N)N)cc(N2CCCN(C)CC2C)n1. The number of nitrogens with one attached hydrogen (secondary N) is 1. The molecule has 1 aliphatic rings. The van der Waals surface area contributed by atoms with Gasteiger partial charge in [-0.1, -0.05) is 0 Å².